The number of phenols is 1. The van der Waals surface area contributed by atoms with Crippen LogP contribution in [-0.4, -0.2) is 11.0 Å². The summed E-state index contributed by atoms with van der Waals surface area (Å²) in [6.45, 7) is 0. The molecule has 2 aromatic carbocycles. The zero-order valence-electron chi connectivity index (χ0n) is 9.05. The van der Waals surface area contributed by atoms with Gasteiger partial charge in [0.2, 0.25) is 0 Å². The number of carbonyl (C=O) groups excluding carboxylic acids is 1. The first-order valence-corrected chi connectivity index (χ1v) is 5.08. The van der Waals surface area contributed by atoms with E-state index in [-0.39, 0.29) is 17.0 Å². The van der Waals surface area contributed by atoms with Crippen molar-refractivity contribution < 1.29 is 9.90 Å². The lowest BCUT2D eigenvalue weighted by atomic mass is 10.0. The van der Waals surface area contributed by atoms with E-state index >= 15 is 0 Å². The van der Waals surface area contributed by atoms with E-state index in [1.807, 2.05) is 30.3 Å². The second-order valence-electron chi connectivity index (χ2n) is 3.65. The molecule has 0 fully saturated rings. The van der Waals surface area contributed by atoms with E-state index in [1.165, 1.54) is 6.07 Å². The molecule has 4 heteroatoms. The molecule has 0 unspecified atom stereocenters. The summed E-state index contributed by atoms with van der Waals surface area (Å²) >= 11 is 0. The van der Waals surface area contributed by atoms with Gasteiger partial charge in [0.1, 0.15) is 5.75 Å². The highest BCUT2D eigenvalue weighted by atomic mass is 16.3. The Morgan fingerprint density at radius 3 is 2.29 bits per heavy atom. The summed E-state index contributed by atoms with van der Waals surface area (Å²) in [5.74, 6) is -0.773. The van der Waals surface area contributed by atoms with E-state index in [1.54, 1.807) is 6.07 Å². The molecule has 0 radical (unpaired) electrons. The highest BCUT2D eigenvalue weighted by molar-refractivity contribution is 6.01. The van der Waals surface area contributed by atoms with Crippen LogP contribution in [0.25, 0.3) is 11.1 Å². The van der Waals surface area contributed by atoms with E-state index in [0.29, 0.717) is 5.56 Å². The second kappa shape index (κ2) is 4.17. The Hall–Kier alpha value is -2.49. The molecule has 5 N–H and O–H groups in total. The maximum atomic E-state index is 11.1. The number of phenolic OH excluding ortho intramolecular Hbond substituents is 1. The van der Waals surface area contributed by atoms with Gasteiger partial charge in [-0.15, -0.1) is 0 Å². The van der Waals surface area contributed by atoms with Crippen molar-refractivity contribution in [3.63, 3.8) is 0 Å². The van der Waals surface area contributed by atoms with Crippen LogP contribution < -0.4 is 11.5 Å². The van der Waals surface area contributed by atoms with Gasteiger partial charge in [-0.05, 0) is 17.7 Å². The Morgan fingerprint density at radius 1 is 1.06 bits per heavy atom. The lowest BCUT2D eigenvalue weighted by Crippen LogP contribution is -2.13. The van der Waals surface area contributed by atoms with Gasteiger partial charge in [-0.3, -0.25) is 4.79 Å². The van der Waals surface area contributed by atoms with Gasteiger partial charge < -0.3 is 16.6 Å². The van der Waals surface area contributed by atoms with Crippen LogP contribution in [0, 0.1) is 0 Å². The molecule has 0 bridgehead atoms. The maximum Gasteiger partial charge on any atom is 0.250 e. The Labute approximate surface area is 98.5 Å². The summed E-state index contributed by atoms with van der Waals surface area (Å²) in [6, 6.07) is 12.4. The van der Waals surface area contributed by atoms with E-state index < -0.39 is 5.91 Å². The average molecular weight is 228 g/mol. The standard InChI is InChI=1S/C13H12N2O2/c14-11-10(13(15)17)7-6-9(12(11)16)8-4-2-1-3-5-8/h1-7,16H,14H2,(H2,15,17). The van der Waals surface area contributed by atoms with Crippen LogP contribution in [0.1, 0.15) is 10.4 Å². The van der Waals surface area contributed by atoms with Crippen LogP contribution in [-0.2, 0) is 0 Å². The molecule has 1 amide bonds. The lowest BCUT2D eigenvalue weighted by Gasteiger charge is -2.09. The fourth-order valence-electron chi connectivity index (χ4n) is 1.67. The average Bonchev–Trinajstić information content (AvgIpc) is 2.33. The third kappa shape index (κ3) is 1.92. The minimum atomic E-state index is -0.655. The van der Waals surface area contributed by atoms with Crippen LogP contribution in [0.4, 0.5) is 5.69 Å². The predicted molar refractivity (Wildman–Crippen MR) is 66.5 cm³/mol. The van der Waals surface area contributed by atoms with Crippen molar-refractivity contribution in [3.05, 3.63) is 48.0 Å². The highest BCUT2D eigenvalue weighted by Gasteiger charge is 2.14. The minimum absolute atomic E-state index is 0.0128. The third-order valence-electron chi connectivity index (χ3n) is 2.57. The van der Waals surface area contributed by atoms with E-state index in [0.717, 1.165) is 5.56 Å². The molecule has 0 saturated carbocycles. The van der Waals surface area contributed by atoms with Gasteiger partial charge in [-0.2, -0.15) is 0 Å². The third-order valence-corrected chi connectivity index (χ3v) is 2.57. The largest absolute Gasteiger partial charge is 0.505 e. The summed E-state index contributed by atoms with van der Waals surface area (Å²) in [7, 11) is 0. The summed E-state index contributed by atoms with van der Waals surface area (Å²) in [6.07, 6.45) is 0. The SMILES string of the molecule is NC(=O)c1ccc(-c2ccccc2)c(O)c1N. The van der Waals surface area contributed by atoms with Gasteiger partial charge in [-0.1, -0.05) is 30.3 Å². The predicted octanol–water partition coefficient (Wildman–Crippen LogP) is 1.74. The summed E-state index contributed by atoms with van der Waals surface area (Å²) in [5.41, 5.74) is 12.4. The zero-order valence-corrected chi connectivity index (χ0v) is 9.05. The number of hydrogen-bond donors (Lipinski definition) is 3. The normalized spacial score (nSPS) is 10.1. The fourth-order valence-corrected chi connectivity index (χ4v) is 1.67. The van der Waals surface area contributed by atoms with Crippen LogP contribution >= 0.6 is 0 Å². The van der Waals surface area contributed by atoms with Crippen molar-refractivity contribution in [2.45, 2.75) is 0 Å². The summed E-state index contributed by atoms with van der Waals surface area (Å²) in [4.78, 5) is 11.1. The van der Waals surface area contributed by atoms with Crippen molar-refractivity contribution >= 4 is 11.6 Å². The van der Waals surface area contributed by atoms with Gasteiger partial charge in [-0.25, -0.2) is 0 Å². The molecule has 2 rings (SSSR count). The van der Waals surface area contributed by atoms with E-state index in [9.17, 15) is 9.90 Å². The first-order chi connectivity index (χ1) is 8.11. The van der Waals surface area contributed by atoms with Gasteiger partial charge >= 0.3 is 0 Å². The zero-order chi connectivity index (χ0) is 12.4. The first kappa shape index (κ1) is 11.0. The van der Waals surface area contributed by atoms with Crippen molar-refractivity contribution in [2.75, 3.05) is 5.73 Å². The van der Waals surface area contributed by atoms with Crippen molar-refractivity contribution in [3.8, 4) is 16.9 Å². The number of nitrogens with two attached hydrogens (primary N) is 2. The second-order valence-corrected chi connectivity index (χ2v) is 3.65. The molecule has 0 aromatic heterocycles. The molecule has 0 atom stereocenters. The topological polar surface area (TPSA) is 89.3 Å². The first-order valence-electron chi connectivity index (χ1n) is 5.08. The molecule has 0 aliphatic carbocycles. The van der Waals surface area contributed by atoms with Crippen LogP contribution in [0.2, 0.25) is 0 Å². The Kier molecular flexibility index (Phi) is 2.70. The molecular formula is C13H12N2O2. The van der Waals surface area contributed by atoms with Gasteiger partial charge in [0, 0.05) is 5.56 Å². The molecule has 4 nitrogen and oxygen atoms in total. The van der Waals surface area contributed by atoms with Crippen LogP contribution in [0.15, 0.2) is 42.5 Å². The quantitative estimate of drug-likeness (QED) is 0.540. The highest BCUT2D eigenvalue weighted by Crippen LogP contribution is 2.35. The number of benzene rings is 2. The minimum Gasteiger partial charge on any atom is -0.505 e. The molecule has 0 heterocycles. The van der Waals surface area contributed by atoms with E-state index in [4.69, 9.17) is 11.5 Å². The maximum absolute atomic E-state index is 11.1. The summed E-state index contributed by atoms with van der Waals surface area (Å²) < 4.78 is 0. The van der Waals surface area contributed by atoms with Crippen LogP contribution in [0.5, 0.6) is 5.75 Å². The van der Waals surface area contributed by atoms with Crippen molar-refractivity contribution in [2.24, 2.45) is 5.73 Å². The molecule has 0 saturated heterocycles. The van der Waals surface area contributed by atoms with E-state index in [2.05, 4.69) is 0 Å². The number of amides is 1. The molecule has 0 aliphatic heterocycles. The fraction of sp³-hybridized carbons (Fsp3) is 0. The lowest BCUT2D eigenvalue weighted by molar-refractivity contribution is 0.100. The van der Waals surface area contributed by atoms with Crippen molar-refractivity contribution in [1.82, 2.24) is 0 Å². The molecule has 0 spiro atoms. The smallest absolute Gasteiger partial charge is 0.250 e. The Balaban J connectivity index is 2.60. The molecule has 86 valence electrons. The van der Waals surface area contributed by atoms with Gasteiger partial charge in [0.05, 0.1) is 11.3 Å². The van der Waals surface area contributed by atoms with Crippen LogP contribution in [0.3, 0.4) is 0 Å². The molecule has 2 aromatic rings. The van der Waals surface area contributed by atoms with Gasteiger partial charge in [0.15, 0.2) is 0 Å². The van der Waals surface area contributed by atoms with Gasteiger partial charge in [0.25, 0.3) is 5.91 Å². The molecule has 17 heavy (non-hydrogen) atoms. The number of hydrogen-bond acceptors (Lipinski definition) is 3. The number of aromatic hydroxyl groups is 1. The summed E-state index contributed by atoms with van der Waals surface area (Å²) in [5, 5.41) is 9.95. The number of primary amides is 1. The molecule has 0 aliphatic rings. The van der Waals surface area contributed by atoms with Crippen molar-refractivity contribution in [1.29, 1.82) is 0 Å². The molecular weight excluding hydrogens is 216 g/mol. The Bertz CT molecular complexity index is 565. The number of carbonyl (C=O) groups is 1. The Morgan fingerprint density at radius 2 is 1.71 bits per heavy atom. The number of rotatable bonds is 2. The monoisotopic (exact) mass is 228 g/mol. The number of anilines is 1. The number of nitrogen functional groups attached to an aromatic ring is 1.